The second-order valence-corrected chi connectivity index (χ2v) is 52.7. The van der Waals surface area contributed by atoms with Gasteiger partial charge in [-0.1, -0.05) is 491 Å². The van der Waals surface area contributed by atoms with Gasteiger partial charge in [0.05, 0.1) is 0 Å². The van der Waals surface area contributed by atoms with Crippen molar-refractivity contribution < 1.29 is 0 Å². The fraction of sp³-hybridized carbons (Fsp3) is 0.280. The normalized spacial score (nSPS) is 17.6. The molecule has 0 fully saturated rings. The van der Waals surface area contributed by atoms with E-state index >= 15 is 0 Å². The zero-order valence-electron chi connectivity index (χ0n) is 94.2. The van der Waals surface area contributed by atoms with E-state index in [0.29, 0.717) is 0 Å². The summed E-state index contributed by atoms with van der Waals surface area (Å²) < 4.78 is 0. The number of benzene rings is 18. The molecule has 150 heavy (non-hydrogen) atoms. The molecule has 0 aromatic heterocycles. The second-order valence-electron chi connectivity index (χ2n) is 52.7. The van der Waals surface area contributed by atoms with E-state index < -0.39 is 0 Å². The van der Waals surface area contributed by atoms with Crippen LogP contribution in [0.3, 0.4) is 0 Å². The number of fused-ring (bicyclic) bond motifs is 38. The molecule has 0 aliphatic heterocycles. The average molecular weight is 1950 g/mol. The molecule has 18 aromatic carbocycles. The topological polar surface area (TPSA) is 0 Å². The molecular weight excluding hydrogens is 1800 g/mol. The van der Waals surface area contributed by atoms with Crippen LogP contribution in [0, 0.1) is 41.5 Å². The summed E-state index contributed by atoms with van der Waals surface area (Å²) in [5, 5.41) is 0. The van der Waals surface area contributed by atoms with Crippen LogP contribution in [-0.4, -0.2) is 0 Å². The molecule has 12 aliphatic rings. The van der Waals surface area contributed by atoms with E-state index in [4.69, 9.17) is 0 Å². The summed E-state index contributed by atoms with van der Waals surface area (Å²) in [5.41, 5.74) is 78.3. The molecule has 12 aliphatic carbocycles. The molecule has 0 nitrogen and oxygen atoms in total. The third kappa shape index (κ3) is 13.4. The van der Waals surface area contributed by atoms with Crippen LogP contribution in [0.1, 0.15) is 333 Å². The maximum absolute atomic E-state index is 2.50. The minimum atomic E-state index is 0.0430. The van der Waals surface area contributed by atoms with E-state index in [-0.39, 0.29) is 65.0 Å². The lowest BCUT2D eigenvalue weighted by atomic mass is 9.72. The van der Waals surface area contributed by atoms with Crippen LogP contribution >= 0.6 is 0 Å². The van der Waals surface area contributed by atoms with Crippen LogP contribution in [0.2, 0.25) is 0 Å². The molecule has 0 heterocycles. The first-order valence-corrected chi connectivity index (χ1v) is 55.3. The van der Waals surface area contributed by atoms with Gasteiger partial charge in [0.1, 0.15) is 0 Å². The first kappa shape index (κ1) is 96.8. The molecule has 0 spiro atoms. The van der Waals surface area contributed by atoms with Gasteiger partial charge in [-0.15, -0.1) is 0 Å². The molecule has 0 amide bonds. The van der Waals surface area contributed by atoms with E-state index in [1.807, 2.05) is 0 Å². The first-order valence-electron chi connectivity index (χ1n) is 55.3. The van der Waals surface area contributed by atoms with Gasteiger partial charge in [0.2, 0.25) is 0 Å². The van der Waals surface area contributed by atoms with Crippen molar-refractivity contribution in [2.24, 2.45) is 0 Å². The Balaban J connectivity index is 0.0000000932. The van der Waals surface area contributed by atoms with Crippen LogP contribution in [0.5, 0.6) is 0 Å². The Kier molecular flexibility index (Phi) is 20.8. The van der Waals surface area contributed by atoms with E-state index in [1.165, 1.54) is 300 Å². The minimum Gasteiger partial charge on any atom is -0.0619 e. The highest BCUT2D eigenvalue weighted by atomic mass is 14.6. The van der Waals surface area contributed by atoms with Crippen molar-refractivity contribution in [3.05, 3.63) is 494 Å². The highest BCUT2D eigenvalue weighted by Crippen LogP contribution is 2.66. The fourth-order valence-electron chi connectivity index (χ4n) is 30.8. The standard InChI is InChI=1S/6C25H24/c1-15-10-13-21-19(14-15)18-12-11-17-16-8-6-7-9-20(16)24(2,3)22(17)23(18)25(21,4)5;1-15-10-11-21-17(12-15)19-14-22-18(13-23(19)25(21,4)5)16-8-6-7-9-20(16)24(22,2)3;1-15-10-11-21-17(12-15)19-13-18-16-8-6-7-9-20(16)24(2,3)22(18)14-23(19)25(21,4)5;1-15-10-11-17-19-14-22-18(13-23(19)25(4,5)21(17)12-15)16-8-6-7-9-20(16)24(22,2)3;1-15-10-11-17-19-13-18-16-8-6-7-9-20(16)24(2,3)22(18)14-23(19)25(4,5)21(17)12-15;1-15-10-11-17-19-13-12-18-16-8-6-7-9-20(16)24(2,3)22(18)23(19)25(4,5)21(17)14-15/h6*6-14H,1-5H3. The molecule has 0 saturated heterocycles. The van der Waals surface area contributed by atoms with Gasteiger partial charge in [-0.2, -0.15) is 0 Å². The van der Waals surface area contributed by atoms with Crippen molar-refractivity contribution in [2.75, 3.05) is 0 Å². The maximum Gasteiger partial charge on any atom is 0.0162 e. The summed E-state index contributed by atoms with van der Waals surface area (Å²) in [4.78, 5) is 0. The number of rotatable bonds is 0. The average Bonchev–Trinajstić information content (AvgIpc) is 1.64. The van der Waals surface area contributed by atoms with E-state index in [0.717, 1.165) is 0 Å². The predicted octanol–water partition coefficient (Wildman–Crippen LogP) is 39.6. The highest BCUT2D eigenvalue weighted by molar-refractivity contribution is 5.99. The van der Waals surface area contributed by atoms with Crippen molar-refractivity contribution >= 4 is 0 Å². The monoisotopic (exact) mass is 1950 g/mol. The number of aryl methyl sites for hydroxylation is 6. The Morgan fingerprint density at radius 1 is 0.0933 bits per heavy atom. The van der Waals surface area contributed by atoms with Crippen molar-refractivity contribution in [1.29, 1.82) is 0 Å². The first-order chi connectivity index (χ1) is 70.9. The molecule has 18 aromatic rings. The largest absolute Gasteiger partial charge is 0.0619 e. The third-order valence-corrected chi connectivity index (χ3v) is 39.1. The van der Waals surface area contributed by atoms with Gasteiger partial charge in [-0.05, 0) is 345 Å². The van der Waals surface area contributed by atoms with Crippen LogP contribution in [0.25, 0.3) is 134 Å². The van der Waals surface area contributed by atoms with E-state index in [2.05, 4.69) is 535 Å². The third-order valence-electron chi connectivity index (χ3n) is 39.1. The Bertz CT molecular complexity index is 8920. The Hall–Kier alpha value is -14.0. The molecule has 0 N–H and O–H groups in total. The molecule has 744 valence electrons. The van der Waals surface area contributed by atoms with Gasteiger partial charge in [0.15, 0.2) is 0 Å². The SMILES string of the molecule is Cc1ccc2c(c1)-c1cc3c(cc1C2(C)C)-c1ccccc1C3(C)C.Cc1ccc2c(c1)-c1cc3c(cc1C2(C)C)C(C)(C)c1ccccc1-3.Cc1ccc2c(c1)-c1ccc3c(c1C2(C)C)C(C)(C)c1ccccc1-3.Cc1ccc2c(c1)C(C)(C)c1c-2ccc2c1C(C)(C)c1ccccc1-2.Cc1ccc2c(c1)C(C)(C)c1cc3c(cc1-2)-c1ccccc1C3(C)C.Cc1ccc2c(c1)C(C)(C)c1cc3c(cc1-2)C(C)(C)c1ccccc1-3. The van der Waals surface area contributed by atoms with Gasteiger partial charge >= 0.3 is 0 Å². The van der Waals surface area contributed by atoms with E-state index in [1.54, 1.807) is 0 Å². The molecular formula is C150H144. The lowest BCUT2D eigenvalue weighted by molar-refractivity contribution is 0.601. The van der Waals surface area contributed by atoms with Gasteiger partial charge in [-0.3, -0.25) is 0 Å². The molecule has 0 saturated carbocycles. The summed E-state index contributed by atoms with van der Waals surface area (Å²) in [5.74, 6) is 0. The van der Waals surface area contributed by atoms with Crippen LogP contribution in [-0.2, 0) is 65.0 Å². The molecule has 0 atom stereocenters. The lowest BCUT2D eigenvalue weighted by Crippen LogP contribution is -2.24. The summed E-state index contributed by atoms with van der Waals surface area (Å²) in [7, 11) is 0. The molecule has 0 bridgehead atoms. The van der Waals surface area contributed by atoms with Crippen molar-refractivity contribution in [2.45, 2.75) is 273 Å². The Morgan fingerprint density at radius 2 is 0.227 bits per heavy atom. The summed E-state index contributed by atoms with van der Waals surface area (Å²) in [6, 6.07) is 124. The zero-order valence-corrected chi connectivity index (χ0v) is 94.2. The van der Waals surface area contributed by atoms with Crippen LogP contribution in [0.15, 0.2) is 328 Å². The van der Waals surface area contributed by atoms with Crippen molar-refractivity contribution in [1.82, 2.24) is 0 Å². The quantitative estimate of drug-likeness (QED) is 0.142. The lowest BCUT2D eigenvalue weighted by Gasteiger charge is -2.30. The number of hydrogen-bond donors (Lipinski definition) is 0. The second kappa shape index (κ2) is 32.3. The zero-order chi connectivity index (χ0) is 105. The van der Waals surface area contributed by atoms with Crippen LogP contribution in [0.4, 0.5) is 0 Å². The van der Waals surface area contributed by atoms with Gasteiger partial charge in [-0.25, -0.2) is 0 Å². The maximum atomic E-state index is 2.50. The summed E-state index contributed by atoms with van der Waals surface area (Å²) in [6.07, 6.45) is 0. The smallest absolute Gasteiger partial charge is 0.0162 e. The van der Waals surface area contributed by atoms with Crippen molar-refractivity contribution in [3.63, 3.8) is 0 Å². The predicted molar refractivity (Wildman–Crippen MR) is 638 cm³/mol. The molecule has 0 heteroatoms. The number of hydrogen-bond acceptors (Lipinski definition) is 0. The van der Waals surface area contributed by atoms with E-state index in [9.17, 15) is 0 Å². The highest BCUT2D eigenvalue weighted by Gasteiger charge is 2.52. The van der Waals surface area contributed by atoms with Gasteiger partial charge < -0.3 is 0 Å². The van der Waals surface area contributed by atoms with Gasteiger partial charge in [0.25, 0.3) is 0 Å². The van der Waals surface area contributed by atoms with Gasteiger partial charge in [0, 0.05) is 65.0 Å². The molecule has 30 rings (SSSR count). The fourth-order valence-corrected chi connectivity index (χ4v) is 30.8. The summed E-state index contributed by atoms with van der Waals surface area (Å²) in [6.45, 7) is 70.2. The molecule has 0 radical (unpaired) electrons. The Labute approximate surface area is 894 Å². The molecule has 0 unspecified atom stereocenters. The Morgan fingerprint density at radius 3 is 0.500 bits per heavy atom. The van der Waals surface area contributed by atoms with Crippen LogP contribution < -0.4 is 0 Å². The minimum absolute atomic E-state index is 0.0430. The summed E-state index contributed by atoms with van der Waals surface area (Å²) >= 11 is 0. The van der Waals surface area contributed by atoms with Crippen molar-refractivity contribution in [3.8, 4) is 134 Å².